The quantitative estimate of drug-likeness (QED) is 0.278. The molecular formula is C16H23F3IN3O3. The standard InChI is InChI=1S/C16H22F3N3O3.HI/c1-20-15(21-6-2-7-23-11-16(17,18)19)22-12-4-5-13-14(10-12)25-9-3-8-24-13;/h4-5,10H,2-3,6-9,11H2,1H3,(H2,20,21,22);1H. The predicted molar refractivity (Wildman–Crippen MR) is 104 cm³/mol. The van der Waals surface area contributed by atoms with Gasteiger partial charge in [-0.2, -0.15) is 13.2 Å². The van der Waals surface area contributed by atoms with Crippen LogP contribution in [0.1, 0.15) is 12.8 Å². The summed E-state index contributed by atoms with van der Waals surface area (Å²) >= 11 is 0. The Morgan fingerprint density at radius 3 is 2.65 bits per heavy atom. The van der Waals surface area contributed by atoms with Gasteiger partial charge < -0.3 is 24.8 Å². The molecule has 1 aliphatic rings. The zero-order valence-corrected chi connectivity index (χ0v) is 16.7. The van der Waals surface area contributed by atoms with Crippen LogP contribution in [0.2, 0.25) is 0 Å². The molecule has 1 heterocycles. The summed E-state index contributed by atoms with van der Waals surface area (Å²) in [4.78, 5) is 4.07. The van der Waals surface area contributed by atoms with Crippen LogP contribution in [-0.2, 0) is 4.74 Å². The van der Waals surface area contributed by atoms with Gasteiger partial charge in [0.2, 0.25) is 0 Å². The molecule has 0 spiro atoms. The van der Waals surface area contributed by atoms with Gasteiger partial charge in [-0.1, -0.05) is 0 Å². The molecule has 2 rings (SSSR count). The third-order valence-corrected chi connectivity index (χ3v) is 3.26. The second-order valence-corrected chi connectivity index (χ2v) is 5.36. The molecule has 0 aromatic heterocycles. The first-order chi connectivity index (χ1) is 12.0. The number of nitrogens with one attached hydrogen (secondary N) is 2. The van der Waals surface area contributed by atoms with Crippen LogP contribution in [0.25, 0.3) is 0 Å². The van der Waals surface area contributed by atoms with Crippen molar-refractivity contribution in [3.63, 3.8) is 0 Å². The van der Waals surface area contributed by atoms with E-state index < -0.39 is 12.8 Å². The topological polar surface area (TPSA) is 64.1 Å². The number of ether oxygens (including phenoxy) is 3. The van der Waals surface area contributed by atoms with Gasteiger partial charge in [-0.05, 0) is 18.6 Å². The number of rotatable bonds is 6. The monoisotopic (exact) mass is 489 g/mol. The van der Waals surface area contributed by atoms with Crippen LogP contribution in [0.15, 0.2) is 23.2 Å². The number of alkyl halides is 3. The average molecular weight is 489 g/mol. The molecule has 2 N–H and O–H groups in total. The molecule has 0 atom stereocenters. The molecule has 0 aliphatic carbocycles. The van der Waals surface area contributed by atoms with Crippen LogP contribution in [0.3, 0.4) is 0 Å². The Labute approximate surface area is 167 Å². The summed E-state index contributed by atoms with van der Waals surface area (Å²) in [5.74, 6) is 1.87. The Kier molecular flexibility index (Phi) is 9.84. The minimum atomic E-state index is -4.29. The smallest absolute Gasteiger partial charge is 0.411 e. The molecule has 1 aromatic carbocycles. The van der Waals surface area contributed by atoms with Gasteiger partial charge in [0, 0.05) is 38.4 Å². The minimum absolute atomic E-state index is 0. The van der Waals surface area contributed by atoms with Crippen molar-refractivity contribution in [2.45, 2.75) is 19.0 Å². The van der Waals surface area contributed by atoms with Crippen molar-refractivity contribution in [2.75, 3.05) is 45.3 Å². The maximum absolute atomic E-state index is 11.9. The highest BCUT2D eigenvalue weighted by Crippen LogP contribution is 2.32. The van der Waals surface area contributed by atoms with Crippen LogP contribution in [-0.4, -0.2) is 52.2 Å². The maximum Gasteiger partial charge on any atom is 0.411 e. The van der Waals surface area contributed by atoms with E-state index in [9.17, 15) is 13.2 Å². The molecule has 1 aliphatic heterocycles. The Bertz CT molecular complexity index is 586. The van der Waals surface area contributed by atoms with Crippen molar-refractivity contribution in [1.82, 2.24) is 5.32 Å². The van der Waals surface area contributed by atoms with Crippen LogP contribution in [0.5, 0.6) is 11.5 Å². The van der Waals surface area contributed by atoms with Crippen molar-refractivity contribution < 1.29 is 27.4 Å². The number of guanidine groups is 1. The van der Waals surface area contributed by atoms with Crippen molar-refractivity contribution in [1.29, 1.82) is 0 Å². The SMILES string of the molecule is CN=C(NCCCOCC(F)(F)F)Nc1ccc2c(c1)OCCCO2.I. The molecule has 6 nitrogen and oxygen atoms in total. The second kappa shape index (κ2) is 11.3. The Balaban J connectivity index is 0.00000338. The molecule has 0 saturated heterocycles. The first kappa shape index (κ1) is 22.6. The molecule has 0 amide bonds. The van der Waals surface area contributed by atoms with E-state index in [4.69, 9.17) is 9.47 Å². The fourth-order valence-corrected chi connectivity index (χ4v) is 2.13. The second-order valence-electron chi connectivity index (χ2n) is 5.36. The van der Waals surface area contributed by atoms with Gasteiger partial charge in [0.15, 0.2) is 17.5 Å². The van der Waals surface area contributed by atoms with Gasteiger partial charge in [0.25, 0.3) is 0 Å². The van der Waals surface area contributed by atoms with E-state index in [0.29, 0.717) is 43.6 Å². The van der Waals surface area contributed by atoms with E-state index in [-0.39, 0.29) is 30.6 Å². The lowest BCUT2D eigenvalue weighted by molar-refractivity contribution is -0.173. The zero-order chi connectivity index (χ0) is 18.1. The largest absolute Gasteiger partial charge is 0.490 e. The molecule has 148 valence electrons. The van der Waals surface area contributed by atoms with E-state index in [1.807, 2.05) is 18.2 Å². The van der Waals surface area contributed by atoms with Crippen LogP contribution in [0, 0.1) is 0 Å². The highest BCUT2D eigenvalue weighted by molar-refractivity contribution is 14.0. The predicted octanol–water partition coefficient (Wildman–Crippen LogP) is 3.42. The Hall–Kier alpha value is -1.43. The number of fused-ring (bicyclic) bond motifs is 1. The summed E-state index contributed by atoms with van der Waals surface area (Å²) < 4.78 is 51.6. The van der Waals surface area contributed by atoms with E-state index in [1.165, 1.54) is 0 Å². The number of aliphatic imine (C=N–C) groups is 1. The molecule has 0 bridgehead atoms. The highest BCUT2D eigenvalue weighted by atomic mass is 127. The fourth-order valence-electron chi connectivity index (χ4n) is 2.13. The van der Waals surface area contributed by atoms with Crippen molar-refractivity contribution in [2.24, 2.45) is 4.99 Å². The van der Waals surface area contributed by atoms with Gasteiger partial charge in [0.1, 0.15) is 6.61 Å². The van der Waals surface area contributed by atoms with E-state index in [2.05, 4.69) is 20.4 Å². The number of benzene rings is 1. The molecule has 0 radical (unpaired) electrons. The minimum Gasteiger partial charge on any atom is -0.490 e. The van der Waals surface area contributed by atoms with E-state index in [0.717, 1.165) is 12.1 Å². The van der Waals surface area contributed by atoms with Crippen molar-refractivity contribution >= 4 is 35.6 Å². The number of hydrogen-bond acceptors (Lipinski definition) is 4. The van der Waals surface area contributed by atoms with E-state index >= 15 is 0 Å². The number of hydrogen-bond donors (Lipinski definition) is 2. The van der Waals surface area contributed by atoms with Gasteiger partial charge in [-0.25, -0.2) is 0 Å². The van der Waals surface area contributed by atoms with Crippen molar-refractivity contribution in [3.8, 4) is 11.5 Å². The Morgan fingerprint density at radius 1 is 1.23 bits per heavy atom. The summed E-state index contributed by atoms with van der Waals surface area (Å²) in [6.45, 7) is 0.452. The summed E-state index contributed by atoms with van der Waals surface area (Å²) in [6.07, 6.45) is -3.03. The highest BCUT2D eigenvalue weighted by Gasteiger charge is 2.27. The fraction of sp³-hybridized carbons (Fsp3) is 0.562. The van der Waals surface area contributed by atoms with Gasteiger partial charge in [-0.3, -0.25) is 4.99 Å². The van der Waals surface area contributed by atoms with Crippen LogP contribution < -0.4 is 20.1 Å². The van der Waals surface area contributed by atoms with Gasteiger partial charge in [0.05, 0.1) is 13.2 Å². The third kappa shape index (κ3) is 8.30. The van der Waals surface area contributed by atoms with Crippen molar-refractivity contribution in [3.05, 3.63) is 18.2 Å². The van der Waals surface area contributed by atoms with Crippen LogP contribution in [0.4, 0.5) is 18.9 Å². The normalized spacial score (nSPS) is 14.2. The molecule has 26 heavy (non-hydrogen) atoms. The first-order valence-corrected chi connectivity index (χ1v) is 8.00. The van der Waals surface area contributed by atoms with Gasteiger partial charge >= 0.3 is 6.18 Å². The number of nitrogens with zero attached hydrogens (tertiary/aromatic N) is 1. The Morgan fingerprint density at radius 2 is 1.96 bits per heavy atom. The first-order valence-electron chi connectivity index (χ1n) is 8.00. The van der Waals surface area contributed by atoms with Crippen LogP contribution >= 0.6 is 24.0 Å². The summed E-state index contributed by atoms with van der Waals surface area (Å²) in [6, 6.07) is 5.48. The molecule has 0 unspecified atom stereocenters. The molecule has 10 heteroatoms. The third-order valence-electron chi connectivity index (χ3n) is 3.26. The van der Waals surface area contributed by atoms with E-state index in [1.54, 1.807) is 7.05 Å². The molecule has 1 aromatic rings. The summed E-state index contributed by atoms with van der Waals surface area (Å²) in [5.41, 5.74) is 0.769. The lowest BCUT2D eigenvalue weighted by Gasteiger charge is -2.14. The average Bonchev–Trinajstić information content (AvgIpc) is 2.80. The zero-order valence-electron chi connectivity index (χ0n) is 14.4. The lowest BCUT2D eigenvalue weighted by Crippen LogP contribution is -2.32. The lowest BCUT2D eigenvalue weighted by atomic mass is 10.3. The molecule has 0 saturated carbocycles. The molecule has 0 fully saturated rings. The van der Waals surface area contributed by atoms with Gasteiger partial charge in [-0.15, -0.1) is 24.0 Å². The number of halogens is 4. The summed E-state index contributed by atoms with van der Waals surface area (Å²) in [5, 5.41) is 6.11. The summed E-state index contributed by atoms with van der Waals surface area (Å²) in [7, 11) is 1.61. The molecular weight excluding hydrogens is 466 g/mol. The maximum atomic E-state index is 11.9. The number of anilines is 1.